The van der Waals surface area contributed by atoms with Crippen molar-refractivity contribution in [3.05, 3.63) is 77.4 Å². The van der Waals surface area contributed by atoms with Gasteiger partial charge in [0.05, 0.1) is 17.6 Å². The van der Waals surface area contributed by atoms with Gasteiger partial charge in [-0.3, -0.25) is 9.69 Å². The zero-order valence-electron chi connectivity index (χ0n) is 22.2. The van der Waals surface area contributed by atoms with Gasteiger partial charge in [-0.2, -0.15) is 0 Å². The average molecular weight is 500 g/mol. The van der Waals surface area contributed by atoms with Crippen molar-refractivity contribution in [3.8, 4) is 0 Å². The highest BCUT2D eigenvalue weighted by Gasteiger charge is 2.39. The van der Waals surface area contributed by atoms with Gasteiger partial charge in [0.1, 0.15) is 6.29 Å². The average Bonchev–Trinajstić information content (AvgIpc) is 3.21. The van der Waals surface area contributed by atoms with Gasteiger partial charge in [0.25, 0.3) is 0 Å². The number of likely N-dealkylation sites (tertiary alicyclic amines) is 1. The molecule has 1 heterocycles. The van der Waals surface area contributed by atoms with E-state index < -0.39 is 11.5 Å². The molecule has 1 aliphatic carbocycles. The van der Waals surface area contributed by atoms with E-state index in [1.807, 2.05) is 31.2 Å². The molecule has 5 rings (SSSR count). The number of amides is 1. The van der Waals surface area contributed by atoms with Gasteiger partial charge >= 0.3 is 0 Å². The molecule has 3 atom stereocenters. The summed E-state index contributed by atoms with van der Waals surface area (Å²) in [5.41, 5.74) is 3.25. The van der Waals surface area contributed by atoms with E-state index in [1.165, 1.54) is 16.3 Å². The van der Waals surface area contributed by atoms with Gasteiger partial charge in [-0.15, -0.1) is 0 Å². The van der Waals surface area contributed by atoms with Crippen LogP contribution < -0.4 is 4.90 Å². The Labute approximate surface area is 219 Å². The molecule has 194 valence electrons. The maximum Gasteiger partial charge on any atom is 0.223 e. The van der Waals surface area contributed by atoms with Crippen molar-refractivity contribution in [2.45, 2.75) is 49.8 Å². The normalized spacial score (nSPS) is 21.5. The van der Waals surface area contributed by atoms with E-state index >= 15 is 0 Å². The number of hydrogen-bond acceptors (Lipinski definition) is 5. The van der Waals surface area contributed by atoms with E-state index in [4.69, 9.17) is 0 Å². The number of benzene rings is 3. The predicted octanol–water partition coefficient (Wildman–Crippen LogP) is 4.46. The molecule has 37 heavy (non-hydrogen) atoms. The molecule has 1 fully saturated rings. The highest BCUT2D eigenvalue weighted by atomic mass is 16.3. The molecule has 1 N–H and O–H groups in total. The molecule has 0 spiro atoms. The van der Waals surface area contributed by atoms with Crippen molar-refractivity contribution in [3.63, 3.8) is 0 Å². The second kappa shape index (κ2) is 9.92. The zero-order valence-corrected chi connectivity index (χ0v) is 22.2. The summed E-state index contributed by atoms with van der Waals surface area (Å²) < 4.78 is 0. The molecule has 0 saturated carbocycles. The molecule has 0 radical (unpaired) electrons. The van der Waals surface area contributed by atoms with Crippen LogP contribution in [0.4, 0.5) is 5.69 Å². The first kappa shape index (κ1) is 25.4. The maximum absolute atomic E-state index is 12.5. The zero-order chi connectivity index (χ0) is 26.3. The first-order valence-corrected chi connectivity index (χ1v) is 13.2. The van der Waals surface area contributed by atoms with Crippen molar-refractivity contribution >= 4 is 28.7 Å². The maximum atomic E-state index is 12.5. The van der Waals surface area contributed by atoms with Crippen LogP contribution in [0.3, 0.4) is 0 Å². The van der Waals surface area contributed by atoms with E-state index in [-0.39, 0.29) is 18.4 Å². The number of carbonyl (C=O) groups is 2. The van der Waals surface area contributed by atoms with Gasteiger partial charge < -0.3 is 19.7 Å². The van der Waals surface area contributed by atoms with E-state index in [0.717, 1.165) is 49.0 Å². The van der Waals surface area contributed by atoms with E-state index in [9.17, 15) is 14.7 Å². The van der Waals surface area contributed by atoms with Crippen LogP contribution in [0.2, 0.25) is 0 Å². The number of piperidine rings is 1. The summed E-state index contributed by atoms with van der Waals surface area (Å²) in [4.78, 5) is 31.1. The van der Waals surface area contributed by atoms with Gasteiger partial charge in [-0.25, -0.2) is 0 Å². The lowest BCUT2D eigenvalue weighted by atomic mass is 9.79. The molecule has 6 nitrogen and oxygen atoms in total. The number of rotatable bonds is 7. The molecule has 3 aromatic rings. The second-order valence-electron chi connectivity index (χ2n) is 11.1. The van der Waals surface area contributed by atoms with Crippen LogP contribution in [-0.2, 0) is 15.0 Å². The van der Waals surface area contributed by atoms with Gasteiger partial charge in [-0.05, 0) is 53.3 Å². The van der Waals surface area contributed by atoms with E-state index in [1.54, 1.807) is 19.0 Å². The quantitative estimate of drug-likeness (QED) is 0.486. The second-order valence-corrected chi connectivity index (χ2v) is 11.1. The Bertz CT molecular complexity index is 1310. The SMILES string of the molecule is CN(C)C(=O)CC(C)(C=O)c1ccccc1N(C)C1CCN(C2c3cccc4cccc(c34)[C@@H]2O)CC1. The third kappa shape index (κ3) is 4.42. The summed E-state index contributed by atoms with van der Waals surface area (Å²) in [6.45, 7) is 3.62. The number of nitrogens with zero attached hydrogens (tertiary/aromatic N) is 3. The number of anilines is 1. The van der Waals surface area contributed by atoms with Crippen LogP contribution in [0.5, 0.6) is 0 Å². The summed E-state index contributed by atoms with van der Waals surface area (Å²) in [6, 6.07) is 20.8. The van der Waals surface area contributed by atoms with Crippen molar-refractivity contribution < 1.29 is 14.7 Å². The molecule has 2 unspecified atom stereocenters. The lowest BCUT2D eigenvalue weighted by Gasteiger charge is -2.42. The van der Waals surface area contributed by atoms with Gasteiger partial charge in [0.2, 0.25) is 5.91 Å². The summed E-state index contributed by atoms with van der Waals surface area (Å²) in [7, 11) is 5.54. The summed E-state index contributed by atoms with van der Waals surface area (Å²) in [5, 5.41) is 13.7. The fourth-order valence-electron chi connectivity index (χ4n) is 6.31. The number of carbonyl (C=O) groups excluding carboxylic acids is 2. The van der Waals surface area contributed by atoms with Crippen LogP contribution in [0.15, 0.2) is 60.7 Å². The third-order valence-corrected chi connectivity index (χ3v) is 8.52. The van der Waals surface area contributed by atoms with Gasteiger partial charge in [0, 0.05) is 52.4 Å². The number of para-hydroxylation sites is 1. The van der Waals surface area contributed by atoms with Crippen LogP contribution >= 0.6 is 0 Å². The summed E-state index contributed by atoms with van der Waals surface area (Å²) in [5.74, 6) is -0.0634. The third-order valence-electron chi connectivity index (χ3n) is 8.52. The summed E-state index contributed by atoms with van der Waals surface area (Å²) >= 11 is 0. The van der Waals surface area contributed by atoms with E-state index in [2.05, 4.69) is 53.2 Å². The molecule has 0 aromatic heterocycles. The number of aliphatic hydroxyl groups excluding tert-OH is 1. The van der Waals surface area contributed by atoms with Gasteiger partial charge in [-0.1, -0.05) is 54.6 Å². The highest BCUT2D eigenvalue weighted by molar-refractivity contribution is 5.92. The Morgan fingerprint density at radius 2 is 1.65 bits per heavy atom. The minimum absolute atomic E-state index is 0.0185. The van der Waals surface area contributed by atoms with Crippen molar-refractivity contribution in [1.82, 2.24) is 9.80 Å². The lowest BCUT2D eigenvalue weighted by Crippen LogP contribution is -2.46. The molecular formula is C31H37N3O3. The Morgan fingerprint density at radius 1 is 1.00 bits per heavy atom. The fraction of sp³-hybridized carbons (Fsp3) is 0.419. The molecule has 6 heteroatoms. The summed E-state index contributed by atoms with van der Waals surface area (Å²) in [6.07, 6.45) is 2.45. The Hall–Kier alpha value is -3.22. The lowest BCUT2D eigenvalue weighted by molar-refractivity contribution is -0.131. The molecule has 1 amide bonds. The molecular weight excluding hydrogens is 462 g/mol. The minimum Gasteiger partial charge on any atom is -0.386 e. The molecule has 2 aliphatic rings. The Balaban J connectivity index is 1.34. The van der Waals surface area contributed by atoms with Crippen LogP contribution in [0.25, 0.3) is 10.8 Å². The van der Waals surface area contributed by atoms with Crippen LogP contribution in [-0.4, -0.2) is 67.4 Å². The molecule has 1 saturated heterocycles. The molecule has 1 aliphatic heterocycles. The van der Waals surface area contributed by atoms with Crippen LogP contribution in [0.1, 0.15) is 55.0 Å². The first-order valence-electron chi connectivity index (χ1n) is 13.2. The smallest absolute Gasteiger partial charge is 0.223 e. The highest BCUT2D eigenvalue weighted by Crippen LogP contribution is 2.48. The number of hydrogen-bond donors (Lipinski definition) is 1. The monoisotopic (exact) mass is 499 g/mol. The Kier molecular flexibility index (Phi) is 6.82. The first-order chi connectivity index (χ1) is 17.7. The van der Waals surface area contributed by atoms with Crippen LogP contribution in [0, 0.1) is 0 Å². The minimum atomic E-state index is -0.897. The van der Waals surface area contributed by atoms with Crippen molar-refractivity contribution in [2.75, 3.05) is 39.1 Å². The van der Waals surface area contributed by atoms with E-state index in [0.29, 0.717) is 6.04 Å². The van der Waals surface area contributed by atoms with Crippen molar-refractivity contribution in [1.29, 1.82) is 0 Å². The topological polar surface area (TPSA) is 64.1 Å². The Morgan fingerprint density at radius 3 is 2.30 bits per heavy atom. The van der Waals surface area contributed by atoms with Crippen molar-refractivity contribution in [2.24, 2.45) is 0 Å². The standard InChI is InChI=1S/C31H37N3O3/c1-31(20-35,19-27(36)32(2)3)25-13-5-6-14-26(25)33(4)22-15-17-34(18-16-22)29-23-11-7-9-21-10-8-12-24(28(21)23)30(29)37/h5-14,20,22,29-30,37H,15-19H2,1-4H3/t29?,30-,31?/m0/s1. The fourth-order valence-corrected chi connectivity index (χ4v) is 6.31. The number of aldehydes is 1. The molecule has 3 aromatic carbocycles. The predicted molar refractivity (Wildman–Crippen MR) is 148 cm³/mol. The molecule has 0 bridgehead atoms. The largest absolute Gasteiger partial charge is 0.386 e. The van der Waals surface area contributed by atoms with Gasteiger partial charge in [0.15, 0.2) is 0 Å². The number of aliphatic hydroxyl groups is 1.